The molecule has 0 bridgehead atoms. The highest BCUT2D eigenvalue weighted by Gasteiger charge is 2.31. The van der Waals surface area contributed by atoms with E-state index in [2.05, 4.69) is 21.1 Å². The molecule has 1 aliphatic heterocycles. The van der Waals surface area contributed by atoms with Crippen LogP contribution in [0, 0.1) is 18.3 Å². The number of nitriles is 1. The van der Waals surface area contributed by atoms with Crippen LogP contribution in [0.2, 0.25) is 0 Å². The first-order valence-corrected chi connectivity index (χ1v) is 7.51. The van der Waals surface area contributed by atoms with Gasteiger partial charge in [-0.3, -0.25) is 4.79 Å². The van der Waals surface area contributed by atoms with E-state index < -0.39 is 18.0 Å². The highest BCUT2D eigenvalue weighted by atomic mass is 16.5. The lowest BCUT2D eigenvalue weighted by Gasteiger charge is -2.28. The molecule has 2 aromatic rings. The number of urea groups is 1. The van der Waals surface area contributed by atoms with E-state index in [4.69, 9.17) is 9.78 Å². The van der Waals surface area contributed by atoms with Crippen molar-refractivity contribution >= 4 is 17.8 Å². The normalized spacial score (nSPS) is 16.7. The number of carbonyl (C=O) groups is 2. The lowest BCUT2D eigenvalue weighted by Crippen LogP contribution is -2.46. The minimum absolute atomic E-state index is 0.282. The van der Waals surface area contributed by atoms with Crippen molar-refractivity contribution in [2.75, 3.05) is 5.32 Å². The molecular formula is C17H15N5O3. The molecule has 3 amide bonds. The van der Waals surface area contributed by atoms with Gasteiger partial charge in [0.15, 0.2) is 5.82 Å². The van der Waals surface area contributed by atoms with Gasteiger partial charge in [-0.25, -0.2) is 4.79 Å². The molecule has 2 heterocycles. The summed E-state index contributed by atoms with van der Waals surface area (Å²) in [7, 11) is 0. The number of hydrogen-bond donors (Lipinski definition) is 3. The van der Waals surface area contributed by atoms with Gasteiger partial charge < -0.3 is 20.5 Å². The third kappa shape index (κ3) is 3.35. The fourth-order valence-corrected chi connectivity index (χ4v) is 2.64. The van der Waals surface area contributed by atoms with E-state index in [1.807, 2.05) is 6.07 Å². The molecule has 8 heteroatoms. The molecule has 0 aliphatic carbocycles. The molecule has 1 aliphatic rings. The second-order valence-electron chi connectivity index (χ2n) is 5.58. The molecule has 8 nitrogen and oxygen atoms in total. The van der Waals surface area contributed by atoms with Gasteiger partial charge in [0.05, 0.1) is 23.2 Å². The molecule has 3 N–H and O–H groups in total. The number of aromatic nitrogens is 1. The molecule has 1 aromatic carbocycles. The lowest BCUT2D eigenvalue weighted by molar-refractivity contribution is -0.113. The number of nitrogens with one attached hydrogen (secondary N) is 3. The average molecular weight is 337 g/mol. The Hall–Kier alpha value is -3.60. The van der Waals surface area contributed by atoms with Gasteiger partial charge in [-0.15, -0.1) is 0 Å². The van der Waals surface area contributed by atoms with Gasteiger partial charge in [-0.05, 0) is 31.5 Å². The van der Waals surface area contributed by atoms with Crippen molar-refractivity contribution in [3.8, 4) is 6.07 Å². The number of anilines is 1. The molecule has 3 rings (SSSR count). The molecule has 126 valence electrons. The number of benzene rings is 1. The van der Waals surface area contributed by atoms with Crippen LogP contribution in [0.4, 0.5) is 10.6 Å². The van der Waals surface area contributed by atoms with Crippen LogP contribution in [0.15, 0.2) is 46.1 Å². The largest absolute Gasteiger partial charge is 0.360 e. The van der Waals surface area contributed by atoms with Gasteiger partial charge >= 0.3 is 6.03 Å². The maximum absolute atomic E-state index is 12.7. The van der Waals surface area contributed by atoms with Crippen molar-refractivity contribution < 1.29 is 14.1 Å². The smallest absolute Gasteiger partial charge is 0.319 e. The molecule has 1 unspecified atom stereocenters. The summed E-state index contributed by atoms with van der Waals surface area (Å²) < 4.78 is 4.94. The second-order valence-corrected chi connectivity index (χ2v) is 5.58. The molecule has 0 spiro atoms. The van der Waals surface area contributed by atoms with Crippen molar-refractivity contribution in [3.63, 3.8) is 0 Å². The standard InChI is InChI=1S/C17H15N5O3/c1-9-6-13(22-25-9)20-16(23)14-10(2)19-17(24)21-15(14)12-5-3-4-11(7-12)8-18/h3-7,15H,1-2H3,(H2,19,21,24)(H,20,22,23). The second kappa shape index (κ2) is 6.49. The summed E-state index contributed by atoms with van der Waals surface area (Å²) in [5.41, 5.74) is 1.83. The van der Waals surface area contributed by atoms with Crippen molar-refractivity contribution in [2.45, 2.75) is 19.9 Å². The van der Waals surface area contributed by atoms with Crippen LogP contribution in [0.1, 0.15) is 29.9 Å². The maximum Gasteiger partial charge on any atom is 0.319 e. The Balaban J connectivity index is 1.97. The summed E-state index contributed by atoms with van der Waals surface area (Å²) in [6, 6.07) is 9.28. The van der Waals surface area contributed by atoms with E-state index >= 15 is 0 Å². The monoisotopic (exact) mass is 337 g/mol. The summed E-state index contributed by atoms with van der Waals surface area (Å²) in [5, 5.41) is 20.8. The Kier molecular flexibility index (Phi) is 4.22. The quantitative estimate of drug-likeness (QED) is 0.792. The Bertz CT molecular complexity index is 922. The van der Waals surface area contributed by atoms with Gasteiger partial charge in [-0.1, -0.05) is 17.3 Å². The number of rotatable bonds is 3. The van der Waals surface area contributed by atoms with Gasteiger partial charge in [0.1, 0.15) is 5.76 Å². The Morgan fingerprint density at radius 3 is 2.84 bits per heavy atom. The lowest BCUT2D eigenvalue weighted by atomic mass is 9.94. The van der Waals surface area contributed by atoms with Gasteiger partial charge in [0.25, 0.3) is 5.91 Å². The predicted molar refractivity (Wildman–Crippen MR) is 88.1 cm³/mol. The van der Waals surface area contributed by atoms with E-state index in [0.717, 1.165) is 0 Å². The van der Waals surface area contributed by atoms with Crippen molar-refractivity contribution in [1.82, 2.24) is 15.8 Å². The predicted octanol–water partition coefficient (Wildman–Crippen LogP) is 2.12. The van der Waals surface area contributed by atoms with Crippen LogP contribution in [0.5, 0.6) is 0 Å². The number of allylic oxidation sites excluding steroid dienone is 1. The first-order valence-electron chi connectivity index (χ1n) is 7.51. The molecule has 0 saturated heterocycles. The number of nitrogens with zero attached hydrogens (tertiary/aromatic N) is 2. The van der Waals surface area contributed by atoms with Crippen molar-refractivity contribution in [3.05, 3.63) is 58.5 Å². The van der Waals surface area contributed by atoms with Gasteiger partial charge in [0.2, 0.25) is 0 Å². The topological polar surface area (TPSA) is 120 Å². The molecule has 25 heavy (non-hydrogen) atoms. The molecule has 0 saturated carbocycles. The molecule has 1 aromatic heterocycles. The Morgan fingerprint density at radius 1 is 1.36 bits per heavy atom. The van der Waals surface area contributed by atoms with Crippen LogP contribution >= 0.6 is 0 Å². The zero-order valence-electron chi connectivity index (χ0n) is 13.6. The third-order valence-electron chi connectivity index (χ3n) is 3.73. The molecule has 0 fully saturated rings. The maximum atomic E-state index is 12.7. The summed E-state index contributed by atoms with van der Waals surface area (Å²) in [6.07, 6.45) is 0. The summed E-state index contributed by atoms with van der Waals surface area (Å²) in [4.78, 5) is 24.6. The highest BCUT2D eigenvalue weighted by Crippen LogP contribution is 2.28. The van der Waals surface area contributed by atoms with E-state index in [1.54, 1.807) is 44.2 Å². The molecule has 0 radical (unpaired) electrons. The first-order chi connectivity index (χ1) is 12.0. The minimum Gasteiger partial charge on any atom is -0.360 e. The highest BCUT2D eigenvalue weighted by molar-refractivity contribution is 6.06. The van der Waals surface area contributed by atoms with E-state index in [1.165, 1.54) is 0 Å². The number of amides is 3. The summed E-state index contributed by atoms with van der Waals surface area (Å²) in [6.45, 7) is 3.36. The third-order valence-corrected chi connectivity index (χ3v) is 3.73. The van der Waals surface area contributed by atoms with E-state index in [9.17, 15) is 9.59 Å². The van der Waals surface area contributed by atoms with E-state index in [0.29, 0.717) is 28.2 Å². The minimum atomic E-state index is -0.685. The summed E-state index contributed by atoms with van der Waals surface area (Å²) >= 11 is 0. The zero-order chi connectivity index (χ0) is 18.0. The molecule has 1 atom stereocenters. The molecular weight excluding hydrogens is 322 g/mol. The first kappa shape index (κ1) is 16.3. The van der Waals surface area contributed by atoms with Crippen molar-refractivity contribution in [2.24, 2.45) is 0 Å². The number of aryl methyl sites for hydroxylation is 1. The number of carbonyl (C=O) groups excluding carboxylic acids is 2. The fourth-order valence-electron chi connectivity index (χ4n) is 2.64. The van der Waals surface area contributed by atoms with Crippen LogP contribution in [-0.4, -0.2) is 17.1 Å². The van der Waals surface area contributed by atoms with Gasteiger partial charge in [-0.2, -0.15) is 5.26 Å². The van der Waals surface area contributed by atoms with Crippen molar-refractivity contribution in [1.29, 1.82) is 5.26 Å². The Labute approximate surface area is 143 Å². The van der Waals surface area contributed by atoms with Gasteiger partial charge in [0, 0.05) is 11.8 Å². The van der Waals surface area contributed by atoms with E-state index in [-0.39, 0.29) is 5.82 Å². The fraction of sp³-hybridized carbons (Fsp3) is 0.176. The zero-order valence-corrected chi connectivity index (χ0v) is 13.6. The Morgan fingerprint density at radius 2 is 2.16 bits per heavy atom. The van der Waals surface area contributed by atoms with Crippen LogP contribution in [0.25, 0.3) is 0 Å². The average Bonchev–Trinajstić information content (AvgIpc) is 2.98. The SMILES string of the molecule is CC1=C(C(=O)Nc2cc(C)on2)C(c2cccc(C#N)c2)NC(=O)N1. The summed E-state index contributed by atoms with van der Waals surface area (Å²) in [5.74, 6) is 0.421. The number of hydrogen-bond acceptors (Lipinski definition) is 5. The van der Waals surface area contributed by atoms with Crippen LogP contribution in [-0.2, 0) is 4.79 Å². The van der Waals surface area contributed by atoms with Crippen LogP contribution in [0.3, 0.4) is 0 Å². The van der Waals surface area contributed by atoms with Crippen LogP contribution < -0.4 is 16.0 Å².